The summed E-state index contributed by atoms with van der Waals surface area (Å²) in [7, 11) is 1.62. The van der Waals surface area contributed by atoms with Gasteiger partial charge in [0.15, 0.2) is 0 Å². The summed E-state index contributed by atoms with van der Waals surface area (Å²) in [4.78, 5) is 31.0. The van der Waals surface area contributed by atoms with Gasteiger partial charge < -0.3 is 15.0 Å². The molecule has 6 nitrogen and oxygen atoms in total. The molecule has 2 atom stereocenters. The predicted octanol–water partition coefficient (Wildman–Crippen LogP) is 2.36. The first kappa shape index (κ1) is 18.9. The molecule has 1 aromatic heterocycles. The fourth-order valence-corrected chi connectivity index (χ4v) is 3.53. The number of nitrogens with zero attached hydrogens (tertiary/aromatic N) is 2. The number of benzene rings is 1. The Hall–Kier alpha value is -2.89. The van der Waals surface area contributed by atoms with Crippen LogP contribution in [0.5, 0.6) is 5.75 Å². The van der Waals surface area contributed by atoms with E-state index in [1.807, 2.05) is 43.3 Å². The number of hydrogen-bond donors (Lipinski definition) is 1. The fourth-order valence-electron chi connectivity index (χ4n) is 3.53. The Balaban J connectivity index is 1.78. The van der Waals surface area contributed by atoms with Crippen LogP contribution in [0.3, 0.4) is 0 Å². The first-order chi connectivity index (χ1) is 13.1. The van der Waals surface area contributed by atoms with Gasteiger partial charge in [0.2, 0.25) is 11.8 Å². The number of hydrogen-bond acceptors (Lipinski definition) is 4. The van der Waals surface area contributed by atoms with Gasteiger partial charge in [-0.3, -0.25) is 14.6 Å². The SMILES string of the molecule is CCC(=O)N1C[C@H](C(=O)NCc2cccnc2)[C@H](c2cccc(OC)c2)C1. The molecule has 27 heavy (non-hydrogen) atoms. The number of ether oxygens (including phenoxy) is 1. The lowest BCUT2D eigenvalue weighted by Gasteiger charge is -2.18. The normalized spacial score (nSPS) is 19.0. The number of carbonyl (C=O) groups excluding carboxylic acids is 2. The van der Waals surface area contributed by atoms with E-state index in [2.05, 4.69) is 10.3 Å². The van der Waals surface area contributed by atoms with Crippen LogP contribution in [0.1, 0.15) is 30.4 Å². The molecule has 0 saturated carbocycles. The van der Waals surface area contributed by atoms with Gasteiger partial charge in [-0.2, -0.15) is 0 Å². The Labute approximate surface area is 159 Å². The maximum Gasteiger partial charge on any atom is 0.225 e. The minimum atomic E-state index is -0.288. The Morgan fingerprint density at radius 1 is 1.26 bits per heavy atom. The van der Waals surface area contributed by atoms with Crippen LogP contribution in [-0.4, -0.2) is 41.9 Å². The van der Waals surface area contributed by atoms with Crippen LogP contribution >= 0.6 is 0 Å². The van der Waals surface area contributed by atoms with E-state index in [0.29, 0.717) is 26.1 Å². The van der Waals surface area contributed by atoms with E-state index in [1.54, 1.807) is 24.4 Å². The van der Waals surface area contributed by atoms with Crippen molar-refractivity contribution in [2.45, 2.75) is 25.8 Å². The molecule has 6 heteroatoms. The smallest absolute Gasteiger partial charge is 0.225 e. The average Bonchev–Trinajstić information content (AvgIpc) is 3.18. The van der Waals surface area contributed by atoms with E-state index in [1.165, 1.54) is 0 Å². The molecular weight excluding hydrogens is 342 g/mol. The van der Waals surface area contributed by atoms with Crippen LogP contribution in [0.15, 0.2) is 48.8 Å². The average molecular weight is 367 g/mol. The summed E-state index contributed by atoms with van der Waals surface area (Å²) in [5.41, 5.74) is 1.96. The fraction of sp³-hybridized carbons (Fsp3) is 0.381. The standard InChI is InChI=1S/C21H25N3O3/c1-3-20(25)24-13-18(16-7-4-8-17(10-16)27-2)19(14-24)21(26)23-12-15-6-5-9-22-11-15/h4-11,18-19H,3,12-14H2,1-2H3,(H,23,26)/t18-,19-/m0/s1. The molecule has 1 saturated heterocycles. The molecular formula is C21H25N3O3. The van der Waals surface area contributed by atoms with Gasteiger partial charge in [0.1, 0.15) is 5.75 Å². The molecule has 0 unspecified atom stereocenters. The van der Waals surface area contributed by atoms with Gasteiger partial charge in [-0.25, -0.2) is 0 Å². The molecule has 1 fully saturated rings. The summed E-state index contributed by atoms with van der Waals surface area (Å²) < 4.78 is 5.32. The van der Waals surface area contributed by atoms with Gasteiger partial charge in [-0.15, -0.1) is 0 Å². The number of rotatable bonds is 6. The summed E-state index contributed by atoms with van der Waals surface area (Å²) in [6, 6.07) is 11.5. The molecule has 0 aliphatic carbocycles. The highest BCUT2D eigenvalue weighted by Crippen LogP contribution is 2.34. The van der Waals surface area contributed by atoms with E-state index in [0.717, 1.165) is 16.9 Å². The van der Waals surface area contributed by atoms with Crippen molar-refractivity contribution in [2.75, 3.05) is 20.2 Å². The lowest BCUT2D eigenvalue weighted by Crippen LogP contribution is -2.35. The van der Waals surface area contributed by atoms with Crippen LogP contribution in [-0.2, 0) is 16.1 Å². The molecule has 142 valence electrons. The molecule has 3 rings (SSSR count). The first-order valence-electron chi connectivity index (χ1n) is 9.20. The van der Waals surface area contributed by atoms with Crippen molar-refractivity contribution in [1.29, 1.82) is 0 Å². The molecule has 2 heterocycles. The zero-order chi connectivity index (χ0) is 19.2. The third kappa shape index (κ3) is 4.45. The van der Waals surface area contributed by atoms with Gasteiger partial charge in [0, 0.05) is 44.4 Å². The van der Waals surface area contributed by atoms with Crippen molar-refractivity contribution >= 4 is 11.8 Å². The van der Waals surface area contributed by atoms with Crippen LogP contribution in [0.25, 0.3) is 0 Å². The van der Waals surface area contributed by atoms with E-state index >= 15 is 0 Å². The van der Waals surface area contributed by atoms with Gasteiger partial charge in [0.25, 0.3) is 0 Å². The maximum atomic E-state index is 12.9. The highest BCUT2D eigenvalue weighted by atomic mass is 16.5. The second-order valence-corrected chi connectivity index (χ2v) is 6.72. The molecule has 0 spiro atoms. The quantitative estimate of drug-likeness (QED) is 0.851. The molecule has 0 bridgehead atoms. The van der Waals surface area contributed by atoms with E-state index < -0.39 is 0 Å². The topological polar surface area (TPSA) is 71.5 Å². The minimum absolute atomic E-state index is 0.0434. The summed E-state index contributed by atoms with van der Waals surface area (Å²) in [6.45, 7) is 3.26. The van der Waals surface area contributed by atoms with Crippen molar-refractivity contribution in [2.24, 2.45) is 5.92 Å². The summed E-state index contributed by atoms with van der Waals surface area (Å²) in [5.74, 6) is 0.444. The Morgan fingerprint density at radius 2 is 2.11 bits per heavy atom. The molecule has 1 aromatic carbocycles. The second-order valence-electron chi connectivity index (χ2n) is 6.72. The number of pyridine rings is 1. The minimum Gasteiger partial charge on any atom is -0.497 e. The highest BCUT2D eigenvalue weighted by Gasteiger charge is 2.39. The van der Waals surface area contributed by atoms with Gasteiger partial charge in [0.05, 0.1) is 13.0 Å². The number of methoxy groups -OCH3 is 1. The number of nitrogens with one attached hydrogen (secondary N) is 1. The highest BCUT2D eigenvalue weighted by molar-refractivity contribution is 5.83. The number of amides is 2. The lowest BCUT2D eigenvalue weighted by atomic mass is 9.88. The van der Waals surface area contributed by atoms with Crippen LogP contribution in [0.4, 0.5) is 0 Å². The van der Waals surface area contributed by atoms with Crippen LogP contribution in [0, 0.1) is 5.92 Å². The van der Waals surface area contributed by atoms with Crippen molar-refractivity contribution in [3.63, 3.8) is 0 Å². The third-order valence-corrected chi connectivity index (χ3v) is 5.02. The van der Waals surface area contributed by atoms with E-state index in [-0.39, 0.29) is 23.7 Å². The summed E-state index contributed by atoms with van der Waals surface area (Å²) >= 11 is 0. The molecule has 1 N–H and O–H groups in total. The van der Waals surface area contributed by atoms with Crippen LogP contribution < -0.4 is 10.1 Å². The monoisotopic (exact) mass is 367 g/mol. The third-order valence-electron chi connectivity index (χ3n) is 5.02. The largest absolute Gasteiger partial charge is 0.497 e. The molecule has 2 amide bonds. The predicted molar refractivity (Wildman–Crippen MR) is 102 cm³/mol. The zero-order valence-corrected chi connectivity index (χ0v) is 15.7. The first-order valence-corrected chi connectivity index (χ1v) is 9.20. The van der Waals surface area contributed by atoms with Crippen molar-refractivity contribution in [3.05, 3.63) is 59.9 Å². The summed E-state index contributed by atoms with van der Waals surface area (Å²) in [5, 5.41) is 3.00. The summed E-state index contributed by atoms with van der Waals surface area (Å²) in [6.07, 6.45) is 3.88. The number of likely N-dealkylation sites (tertiary alicyclic amines) is 1. The van der Waals surface area contributed by atoms with Gasteiger partial charge >= 0.3 is 0 Å². The molecule has 1 aliphatic rings. The lowest BCUT2D eigenvalue weighted by molar-refractivity contribution is -0.130. The van der Waals surface area contributed by atoms with Crippen LogP contribution in [0.2, 0.25) is 0 Å². The maximum absolute atomic E-state index is 12.9. The molecule has 2 aromatic rings. The van der Waals surface area contributed by atoms with E-state index in [9.17, 15) is 9.59 Å². The zero-order valence-electron chi connectivity index (χ0n) is 15.7. The second kappa shape index (κ2) is 8.66. The van der Waals surface area contributed by atoms with E-state index in [4.69, 9.17) is 4.74 Å². The number of carbonyl (C=O) groups is 2. The van der Waals surface area contributed by atoms with Crippen molar-refractivity contribution < 1.29 is 14.3 Å². The van der Waals surface area contributed by atoms with Gasteiger partial charge in [-0.05, 0) is 29.3 Å². The number of aromatic nitrogens is 1. The Kier molecular flexibility index (Phi) is 6.06. The van der Waals surface area contributed by atoms with Crippen molar-refractivity contribution in [1.82, 2.24) is 15.2 Å². The molecule has 0 radical (unpaired) electrons. The van der Waals surface area contributed by atoms with Crippen molar-refractivity contribution in [3.8, 4) is 5.75 Å². The Bertz CT molecular complexity index is 794. The molecule has 1 aliphatic heterocycles. The van der Waals surface area contributed by atoms with Gasteiger partial charge in [-0.1, -0.05) is 25.1 Å². The Morgan fingerprint density at radius 3 is 2.81 bits per heavy atom.